The lowest BCUT2D eigenvalue weighted by atomic mass is 10.1. The van der Waals surface area contributed by atoms with Crippen LogP contribution in [0.5, 0.6) is 0 Å². The fourth-order valence-electron chi connectivity index (χ4n) is 1.34. The first-order valence-electron chi connectivity index (χ1n) is 4.60. The van der Waals surface area contributed by atoms with Crippen LogP contribution in [0, 0.1) is 10.1 Å². The van der Waals surface area contributed by atoms with E-state index in [1.165, 1.54) is 12.1 Å². The molecule has 0 bridgehead atoms. The highest BCUT2D eigenvalue weighted by molar-refractivity contribution is 5.64. The van der Waals surface area contributed by atoms with Gasteiger partial charge in [0.15, 0.2) is 0 Å². The fourth-order valence-corrected chi connectivity index (χ4v) is 1.34. The summed E-state index contributed by atoms with van der Waals surface area (Å²) in [6.45, 7) is 3.90. The summed E-state index contributed by atoms with van der Waals surface area (Å²) in [5.41, 5.74) is 1.62. The smallest absolute Gasteiger partial charge is 0.269 e. The van der Waals surface area contributed by atoms with E-state index >= 15 is 0 Å². The van der Waals surface area contributed by atoms with Gasteiger partial charge in [0.2, 0.25) is 0 Å². The van der Waals surface area contributed by atoms with Crippen LogP contribution >= 0.6 is 0 Å². The summed E-state index contributed by atoms with van der Waals surface area (Å²) in [4.78, 5) is 14.0. The SMILES string of the molecule is C=C(c1ccc([N+](=O)[O-])cc1)n1ccnc1. The Morgan fingerprint density at radius 1 is 1.38 bits per heavy atom. The highest BCUT2D eigenvalue weighted by Crippen LogP contribution is 2.18. The van der Waals surface area contributed by atoms with Gasteiger partial charge in [0.05, 0.1) is 11.3 Å². The molecular formula is C11H9N3O2. The van der Waals surface area contributed by atoms with E-state index in [4.69, 9.17) is 0 Å². The third kappa shape index (κ3) is 1.83. The molecule has 0 aliphatic carbocycles. The zero-order valence-corrected chi connectivity index (χ0v) is 8.41. The van der Waals surface area contributed by atoms with Crippen molar-refractivity contribution >= 4 is 11.4 Å². The minimum Gasteiger partial charge on any atom is -0.306 e. The Balaban J connectivity index is 2.29. The number of nitro benzene ring substituents is 1. The normalized spacial score (nSPS) is 10.0. The van der Waals surface area contributed by atoms with Crippen molar-refractivity contribution in [3.05, 3.63) is 65.2 Å². The second kappa shape index (κ2) is 3.98. The molecule has 2 aromatic rings. The van der Waals surface area contributed by atoms with Crippen molar-refractivity contribution in [3.63, 3.8) is 0 Å². The van der Waals surface area contributed by atoms with E-state index in [9.17, 15) is 10.1 Å². The van der Waals surface area contributed by atoms with Gasteiger partial charge in [0.1, 0.15) is 0 Å². The van der Waals surface area contributed by atoms with Crippen LogP contribution in [0.2, 0.25) is 0 Å². The number of hydrogen-bond acceptors (Lipinski definition) is 3. The molecule has 1 heterocycles. The second-order valence-electron chi connectivity index (χ2n) is 3.22. The lowest BCUT2D eigenvalue weighted by molar-refractivity contribution is -0.384. The van der Waals surface area contributed by atoms with E-state index in [0.717, 1.165) is 11.3 Å². The molecule has 0 aliphatic rings. The van der Waals surface area contributed by atoms with Crippen molar-refractivity contribution in [2.75, 3.05) is 0 Å². The number of nitro groups is 1. The molecule has 5 nitrogen and oxygen atoms in total. The molecule has 0 spiro atoms. The minimum atomic E-state index is -0.427. The molecule has 0 saturated carbocycles. The molecule has 1 aromatic heterocycles. The van der Waals surface area contributed by atoms with Crippen molar-refractivity contribution in [2.24, 2.45) is 0 Å². The zero-order chi connectivity index (χ0) is 11.5. The van der Waals surface area contributed by atoms with Gasteiger partial charge in [-0.3, -0.25) is 10.1 Å². The Hall–Kier alpha value is -2.43. The molecule has 1 aromatic carbocycles. The molecule has 0 amide bonds. The molecule has 0 saturated heterocycles. The first-order chi connectivity index (χ1) is 7.68. The summed E-state index contributed by atoms with van der Waals surface area (Å²) in [5.74, 6) is 0. The molecule has 0 aliphatic heterocycles. The van der Waals surface area contributed by atoms with Crippen LogP contribution in [0.4, 0.5) is 5.69 Å². The van der Waals surface area contributed by atoms with Gasteiger partial charge in [0, 0.05) is 30.2 Å². The van der Waals surface area contributed by atoms with E-state index in [1.807, 2.05) is 0 Å². The Morgan fingerprint density at radius 3 is 2.56 bits per heavy atom. The predicted molar refractivity (Wildman–Crippen MR) is 59.8 cm³/mol. The van der Waals surface area contributed by atoms with Gasteiger partial charge < -0.3 is 4.57 Å². The molecule has 80 valence electrons. The van der Waals surface area contributed by atoms with Crippen molar-refractivity contribution in [3.8, 4) is 0 Å². The molecule has 0 N–H and O–H groups in total. The number of non-ortho nitro benzene ring substituents is 1. The largest absolute Gasteiger partial charge is 0.306 e. The number of rotatable bonds is 3. The van der Waals surface area contributed by atoms with Gasteiger partial charge in [-0.1, -0.05) is 6.58 Å². The van der Waals surface area contributed by atoms with Crippen LogP contribution in [0.25, 0.3) is 5.70 Å². The van der Waals surface area contributed by atoms with Gasteiger partial charge in [-0.2, -0.15) is 0 Å². The van der Waals surface area contributed by atoms with E-state index in [-0.39, 0.29) is 5.69 Å². The highest BCUT2D eigenvalue weighted by Gasteiger charge is 2.06. The molecular weight excluding hydrogens is 206 g/mol. The number of hydrogen-bond donors (Lipinski definition) is 0. The Labute approximate surface area is 91.8 Å². The number of nitrogens with zero attached hydrogens (tertiary/aromatic N) is 3. The molecule has 0 radical (unpaired) electrons. The number of aromatic nitrogens is 2. The van der Waals surface area contributed by atoms with Crippen LogP contribution in [0.1, 0.15) is 5.56 Å². The predicted octanol–water partition coefficient (Wildman–Crippen LogP) is 2.31. The lowest BCUT2D eigenvalue weighted by Gasteiger charge is -2.05. The summed E-state index contributed by atoms with van der Waals surface area (Å²) < 4.78 is 1.75. The molecule has 16 heavy (non-hydrogen) atoms. The molecule has 0 atom stereocenters. The average Bonchev–Trinajstić information content (AvgIpc) is 2.81. The van der Waals surface area contributed by atoms with Crippen molar-refractivity contribution in [1.82, 2.24) is 9.55 Å². The number of benzene rings is 1. The van der Waals surface area contributed by atoms with Gasteiger partial charge in [-0.15, -0.1) is 0 Å². The molecule has 2 rings (SSSR count). The third-order valence-electron chi connectivity index (χ3n) is 2.23. The second-order valence-corrected chi connectivity index (χ2v) is 3.22. The van der Waals surface area contributed by atoms with Crippen LogP contribution in [0.3, 0.4) is 0 Å². The topological polar surface area (TPSA) is 61.0 Å². The zero-order valence-electron chi connectivity index (χ0n) is 8.41. The van der Waals surface area contributed by atoms with Crippen molar-refractivity contribution in [2.45, 2.75) is 0 Å². The summed E-state index contributed by atoms with van der Waals surface area (Å²) in [7, 11) is 0. The first kappa shape index (κ1) is 10.1. The average molecular weight is 215 g/mol. The third-order valence-corrected chi connectivity index (χ3v) is 2.23. The van der Waals surface area contributed by atoms with E-state index < -0.39 is 4.92 Å². The van der Waals surface area contributed by atoms with Gasteiger partial charge in [-0.05, 0) is 17.7 Å². The summed E-state index contributed by atoms with van der Waals surface area (Å²) in [6.07, 6.45) is 5.05. The Bertz CT molecular complexity index is 515. The Morgan fingerprint density at radius 2 is 2.06 bits per heavy atom. The highest BCUT2D eigenvalue weighted by atomic mass is 16.6. The molecule has 5 heteroatoms. The van der Waals surface area contributed by atoms with Crippen molar-refractivity contribution in [1.29, 1.82) is 0 Å². The molecule has 0 unspecified atom stereocenters. The Kier molecular flexibility index (Phi) is 2.51. The van der Waals surface area contributed by atoms with Gasteiger partial charge >= 0.3 is 0 Å². The maximum Gasteiger partial charge on any atom is 0.269 e. The standard InChI is InChI=1S/C11H9N3O2/c1-9(13-7-6-12-8-13)10-2-4-11(5-3-10)14(15)16/h2-8H,1H2. The monoisotopic (exact) mass is 215 g/mol. The summed E-state index contributed by atoms with van der Waals surface area (Å²) in [6, 6.07) is 6.25. The van der Waals surface area contributed by atoms with Crippen molar-refractivity contribution < 1.29 is 4.92 Å². The van der Waals surface area contributed by atoms with E-state index in [0.29, 0.717) is 0 Å². The van der Waals surface area contributed by atoms with Crippen LogP contribution in [-0.4, -0.2) is 14.5 Å². The minimum absolute atomic E-state index is 0.0715. The quantitative estimate of drug-likeness (QED) is 0.583. The number of imidazole rings is 1. The summed E-state index contributed by atoms with van der Waals surface area (Å²) >= 11 is 0. The van der Waals surface area contributed by atoms with E-state index in [1.54, 1.807) is 35.4 Å². The van der Waals surface area contributed by atoms with E-state index in [2.05, 4.69) is 11.6 Å². The molecule has 0 fully saturated rings. The summed E-state index contributed by atoms with van der Waals surface area (Å²) in [5, 5.41) is 10.5. The van der Waals surface area contributed by atoms with Gasteiger partial charge in [-0.25, -0.2) is 4.98 Å². The van der Waals surface area contributed by atoms with Gasteiger partial charge in [0.25, 0.3) is 5.69 Å². The fraction of sp³-hybridized carbons (Fsp3) is 0. The van der Waals surface area contributed by atoms with Crippen LogP contribution in [-0.2, 0) is 0 Å². The maximum atomic E-state index is 10.5. The maximum absolute atomic E-state index is 10.5. The lowest BCUT2D eigenvalue weighted by Crippen LogP contribution is -1.94. The van der Waals surface area contributed by atoms with Crippen LogP contribution in [0.15, 0.2) is 49.6 Å². The van der Waals surface area contributed by atoms with Crippen LogP contribution < -0.4 is 0 Å². The first-order valence-corrected chi connectivity index (χ1v) is 4.60.